The highest BCUT2D eigenvalue weighted by Gasteiger charge is 2.31. The van der Waals surface area contributed by atoms with Gasteiger partial charge in [0.05, 0.1) is 36.5 Å². The lowest BCUT2D eigenvalue weighted by molar-refractivity contribution is 0.170. The molecule has 0 radical (unpaired) electrons. The first-order valence-electron chi connectivity index (χ1n) is 8.28. The van der Waals surface area contributed by atoms with E-state index in [-0.39, 0.29) is 18.1 Å². The van der Waals surface area contributed by atoms with Crippen molar-refractivity contribution in [3.8, 4) is 17.3 Å². The lowest BCUT2D eigenvalue weighted by Crippen LogP contribution is -2.18. The molecule has 3 heterocycles. The normalized spacial score (nSPS) is 21.5. The van der Waals surface area contributed by atoms with Crippen LogP contribution in [0, 0.1) is 17.2 Å². The molecule has 3 aromatic rings. The molecule has 7 nitrogen and oxygen atoms in total. The predicted octanol–water partition coefficient (Wildman–Crippen LogP) is 2.60. The average molecular weight is 354 g/mol. The number of hydrogen-bond donors (Lipinski definition) is 2. The van der Waals surface area contributed by atoms with Gasteiger partial charge in [0, 0.05) is 23.3 Å². The van der Waals surface area contributed by atoms with Gasteiger partial charge in [0.1, 0.15) is 6.33 Å². The first-order valence-corrected chi connectivity index (χ1v) is 8.68. The van der Waals surface area contributed by atoms with Gasteiger partial charge in [0.15, 0.2) is 5.65 Å². The second-order valence-corrected chi connectivity index (χ2v) is 6.92. The molecule has 0 aromatic carbocycles. The lowest BCUT2D eigenvalue weighted by Gasteiger charge is -2.21. The Morgan fingerprint density at radius 3 is 3.04 bits per heavy atom. The standard InChI is InChI=1S/C17H18N6OS/c18-5-3-15(11-1-2-13(24)7-11)22-9-12(8-21-22)16-14-4-6-23(25)17(14)20-10-19-16/h4,6,8-11,13,15,24-25H,1-3,7H2/t11-,13+,15?/m0/s1. The highest BCUT2D eigenvalue weighted by atomic mass is 32.1. The van der Waals surface area contributed by atoms with Crippen molar-refractivity contribution in [3.63, 3.8) is 0 Å². The van der Waals surface area contributed by atoms with E-state index in [2.05, 4.69) is 34.0 Å². The minimum atomic E-state index is -0.266. The number of aliphatic hydroxyl groups is 1. The molecule has 1 saturated carbocycles. The van der Waals surface area contributed by atoms with Crippen LogP contribution < -0.4 is 0 Å². The molecule has 1 fully saturated rings. The van der Waals surface area contributed by atoms with Crippen LogP contribution in [0.15, 0.2) is 31.0 Å². The summed E-state index contributed by atoms with van der Waals surface area (Å²) in [4.78, 5) is 8.65. The largest absolute Gasteiger partial charge is 0.393 e. The molecule has 1 unspecified atom stereocenters. The zero-order chi connectivity index (χ0) is 17.4. The van der Waals surface area contributed by atoms with Crippen LogP contribution in [-0.4, -0.2) is 34.9 Å². The number of hydrogen-bond acceptors (Lipinski definition) is 6. The van der Waals surface area contributed by atoms with E-state index < -0.39 is 0 Å². The summed E-state index contributed by atoms with van der Waals surface area (Å²) in [6.07, 6.45) is 9.60. The van der Waals surface area contributed by atoms with E-state index in [0.29, 0.717) is 6.42 Å². The molecule has 3 aromatic heterocycles. The Kier molecular flexibility index (Phi) is 4.19. The molecule has 1 aliphatic carbocycles. The Morgan fingerprint density at radius 1 is 1.40 bits per heavy atom. The van der Waals surface area contributed by atoms with Crippen LogP contribution in [0.3, 0.4) is 0 Å². The SMILES string of the molecule is N#CCC([C@H]1CC[C@@H](O)C1)n1cc(-c2ncnc3c2ccn3S)cn1. The molecular weight excluding hydrogens is 336 g/mol. The summed E-state index contributed by atoms with van der Waals surface area (Å²) >= 11 is 4.34. The zero-order valence-electron chi connectivity index (χ0n) is 13.5. The van der Waals surface area contributed by atoms with E-state index >= 15 is 0 Å². The summed E-state index contributed by atoms with van der Waals surface area (Å²) < 4.78 is 3.51. The second kappa shape index (κ2) is 6.50. The summed E-state index contributed by atoms with van der Waals surface area (Å²) in [5, 5.41) is 24.4. The second-order valence-electron chi connectivity index (χ2n) is 6.49. The molecule has 1 N–H and O–H groups in total. The third kappa shape index (κ3) is 2.90. The van der Waals surface area contributed by atoms with Gasteiger partial charge in [0.2, 0.25) is 0 Å². The van der Waals surface area contributed by atoms with Crippen molar-refractivity contribution in [2.45, 2.75) is 37.8 Å². The molecule has 0 amide bonds. The maximum atomic E-state index is 9.83. The fourth-order valence-corrected chi connectivity index (χ4v) is 3.95. The van der Waals surface area contributed by atoms with Crippen LogP contribution >= 0.6 is 12.8 Å². The van der Waals surface area contributed by atoms with E-state index in [1.807, 2.05) is 23.1 Å². The minimum absolute atomic E-state index is 0.0253. The predicted molar refractivity (Wildman–Crippen MR) is 95.7 cm³/mol. The van der Waals surface area contributed by atoms with Crippen LogP contribution in [0.4, 0.5) is 0 Å². The minimum Gasteiger partial charge on any atom is -0.393 e. The molecule has 4 rings (SSSR count). The number of rotatable bonds is 4. The van der Waals surface area contributed by atoms with E-state index in [1.165, 1.54) is 6.33 Å². The van der Waals surface area contributed by atoms with Gasteiger partial charge in [-0.1, -0.05) is 12.8 Å². The molecule has 3 atom stereocenters. The fraction of sp³-hybridized carbons (Fsp3) is 0.412. The van der Waals surface area contributed by atoms with Gasteiger partial charge in [-0.25, -0.2) is 9.97 Å². The zero-order valence-corrected chi connectivity index (χ0v) is 14.4. The van der Waals surface area contributed by atoms with Crippen molar-refractivity contribution in [2.75, 3.05) is 0 Å². The Hall–Kier alpha value is -2.37. The van der Waals surface area contributed by atoms with Gasteiger partial charge in [-0.05, 0) is 31.2 Å². The molecular formula is C17H18N6OS. The maximum absolute atomic E-state index is 9.83. The molecule has 0 saturated heterocycles. The molecule has 0 spiro atoms. The van der Waals surface area contributed by atoms with E-state index in [9.17, 15) is 10.4 Å². The third-order valence-corrected chi connectivity index (χ3v) is 5.29. The van der Waals surface area contributed by atoms with Gasteiger partial charge < -0.3 is 5.11 Å². The molecule has 0 bridgehead atoms. The first-order chi connectivity index (χ1) is 12.2. The smallest absolute Gasteiger partial charge is 0.153 e. The van der Waals surface area contributed by atoms with Gasteiger partial charge in [-0.2, -0.15) is 10.4 Å². The average Bonchev–Trinajstić information content (AvgIpc) is 3.33. The van der Waals surface area contributed by atoms with Crippen LogP contribution in [0.25, 0.3) is 22.3 Å². The van der Waals surface area contributed by atoms with Crippen molar-refractivity contribution in [1.82, 2.24) is 23.7 Å². The van der Waals surface area contributed by atoms with E-state index in [4.69, 9.17) is 0 Å². The van der Waals surface area contributed by atoms with Crippen molar-refractivity contribution >= 4 is 23.8 Å². The topological polar surface area (TPSA) is 92.5 Å². The third-order valence-electron chi connectivity index (χ3n) is 4.97. The van der Waals surface area contributed by atoms with Gasteiger partial charge in [-0.3, -0.25) is 8.65 Å². The van der Waals surface area contributed by atoms with Crippen molar-refractivity contribution < 1.29 is 5.11 Å². The van der Waals surface area contributed by atoms with Crippen LogP contribution in [-0.2, 0) is 0 Å². The Labute approximate surface area is 150 Å². The summed E-state index contributed by atoms with van der Waals surface area (Å²) in [5.74, 6) is 0.270. The number of aromatic nitrogens is 5. The maximum Gasteiger partial charge on any atom is 0.153 e. The monoisotopic (exact) mass is 354 g/mol. The van der Waals surface area contributed by atoms with Gasteiger partial charge in [0.25, 0.3) is 0 Å². The highest BCUT2D eigenvalue weighted by molar-refractivity contribution is 7.78. The molecule has 8 heteroatoms. The number of fused-ring (bicyclic) bond motifs is 1. The lowest BCUT2D eigenvalue weighted by atomic mass is 9.96. The Bertz CT molecular complexity index is 942. The van der Waals surface area contributed by atoms with Crippen LogP contribution in [0.1, 0.15) is 31.7 Å². The van der Waals surface area contributed by atoms with Crippen molar-refractivity contribution in [1.29, 1.82) is 5.26 Å². The van der Waals surface area contributed by atoms with Gasteiger partial charge in [-0.15, -0.1) is 0 Å². The summed E-state index contributed by atoms with van der Waals surface area (Å²) in [6, 6.07) is 4.16. The number of thiol groups is 1. The van der Waals surface area contributed by atoms with Crippen molar-refractivity contribution in [3.05, 3.63) is 31.0 Å². The number of aliphatic hydroxyl groups excluding tert-OH is 1. The van der Waals surface area contributed by atoms with E-state index in [1.54, 1.807) is 10.2 Å². The molecule has 25 heavy (non-hydrogen) atoms. The highest BCUT2D eigenvalue weighted by Crippen LogP contribution is 2.37. The van der Waals surface area contributed by atoms with Crippen LogP contribution in [0.2, 0.25) is 0 Å². The quantitative estimate of drug-likeness (QED) is 0.703. The Balaban J connectivity index is 1.70. The summed E-state index contributed by atoms with van der Waals surface area (Å²) in [6.45, 7) is 0. The molecule has 1 aliphatic rings. The van der Waals surface area contributed by atoms with E-state index in [0.717, 1.165) is 41.6 Å². The summed E-state index contributed by atoms with van der Waals surface area (Å²) in [5.41, 5.74) is 2.42. The first kappa shape index (κ1) is 16.1. The molecule has 128 valence electrons. The molecule has 0 aliphatic heterocycles. The number of nitriles is 1. The Morgan fingerprint density at radius 2 is 2.28 bits per heavy atom. The van der Waals surface area contributed by atoms with Crippen molar-refractivity contribution in [2.24, 2.45) is 5.92 Å². The summed E-state index contributed by atoms with van der Waals surface area (Å²) in [7, 11) is 0. The number of nitrogens with zero attached hydrogens (tertiary/aromatic N) is 6. The van der Waals surface area contributed by atoms with Crippen LogP contribution in [0.5, 0.6) is 0 Å². The fourth-order valence-electron chi connectivity index (χ4n) is 3.72. The van der Waals surface area contributed by atoms with Gasteiger partial charge >= 0.3 is 0 Å².